The normalized spacial score (nSPS) is 32.0. The van der Waals surface area contributed by atoms with Gasteiger partial charge in [0.15, 0.2) is 0 Å². The van der Waals surface area contributed by atoms with E-state index in [-0.39, 0.29) is 17.9 Å². The predicted octanol–water partition coefficient (Wildman–Crippen LogP) is 1.81. The third-order valence-corrected chi connectivity index (χ3v) is 5.41. The molecule has 2 heterocycles. The number of fused-ring (bicyclic) bond motifs is 2. The molecule has 0 spiro atoms. The van der Waals surface area contributed by atoms with Crippen LogP contribution in [-0.4, -0.2) is 12.5 Å². The van der Waals surface area contributed by atoms with Crippen LogP contribution in [0, 0.1) is 11.8 Å². The lowest BCUT2D eigenvalue weighted by Crippen LogP contribution is -2.55. The van der Waals surface area contributed by atoms with Gasteiger partial charge in [-0.2, -0.15) is 0 Å². The zero-order chi connectivity index (χ0) is 14.2. The highest BCUT2D eigenvalue weighted by Crippen LogP contribution is 2.40. The second kappa shape index (κ2) is 5.43. The Labute approximate surface area is 125 Å². The number of benzene rings is 1. The van der Waals surface area contributed by atoms with Crippen LogP contribution in [0.15, 0.2) is 18.2 Å². The molecule has 3 atom stereocenters. The van der Waals surface area contributed by atoms with Crippen molar-refractivity contribution in [3.8, 4) is 0 Å². The Morgan fingerprint density at radius 2 is 2.00 bits per heavy atom. The molecule has 1 saturated heterocycles. The molecular formula is C17H23N3O. The Hall–Kier alpha value is -1.39. The summed E-state index contributed by atoms with van der Waals surface area (Å²) < 4.78 is 0. The molecule has 4 rings (SSSR count). The van der Waals surface area contributed by atoms with E-state index < -0.39 is 0 Å². The Morgan fingerprint density at radius 3 is 2.95 bits per heavy atom. The second-order valence-electron chi connectivity index (χ2n) is 6.62. The molecule has 0 bridgehead atoms. The maximum Gasteiger partial charge on any atom is 0.237 e. The first-order valence-electron chi connectivity index (χ1n) is 8.21. The zero-order valence-corrected chi connectivity index (χ0v) is 12.3. The topological polar surface area (TPSA) is 53.2 Å². The standard InChI is InChI=1S/C17H23N3O/c21-17-15-4-2-1-3-14(15)16(19-20-17)12-5-6-13-10-18-8-7-11(13)9-12/h5-6,9,14-16,18-19H,1-4,7-8,10H2,(H,20,21). The number of carbonyl (C=O) groups excluding carboxylic acids is 1. The molecule has 4 nitrogen and oxygen atoms in total. The van der Waals surface area contributed by atoms with E-state index in [4.69, 9.17) is 0 Å². The first-order valence-corrected chi connectivity index (χ1v) is 8.21. The minimum Gasteiger partial charge on any atom is -0.312 e. The molecule has 1 aromatic carbocycles. The Bertz CT molecular complexity index is 557. The van der Waals surface area contributed by atoms with Crippen LogP contribution in [0.2, 0.25) is 0 Å². The molecule has 112 valence electrons. The summed E-state index contributed by atoms with van der Waals surface area (Å²) in [6.45, 7) is 2.05. The summed E-state index contributed by atoms with van der Waals surface area (Å²) in [5.41, 5.74) is 10.4. The average molecular weight is 285 g/mol. The zero-order valence-electron chi connectivity index (χ0n) is 12.3. The minimum atomic E-state index is 0.193. The first kappa shape index (κ1) is 13.3. The second-order valence-corrected chi connectivity index (χ2v) is 6.62. The number of hydrogen-bond acceptors (Lipinski definition) is 3. The van der Waals surface area contributed by atoms with Gasteiger partial charge in [0.05, 0.1) is 6.04 Å². The largest absolute Gasteiger partial charge is 0.312 e. The number of carbonyl (C=O) groups is 1. The molecule has 1 aliphatic carbocycles. The van der Waals surface area contributed by atoms with Gasteiger partial charge in [0.25, 0.3) is 0 Å². The lowest BCUT2D eigenvalue weighted by atomic mass is 9.72. The van der Waals surface area contributed by atoms with Crippen molar-refractivity contribution in [2.45, 2.75) is 44.7 Å². The van der Waals surface area contributed by atoms with Gasteiger partial charge < -0.3 is 5.32 Å². The average Bonchev–Trinajstić information content (AvgIpc) is 2.55. The van der Waals surface area contributed by atoms with Gasteiger partial charge in [-0.3, -0.25) is 10.2 Å². The van der Waals surface area contributed by atoms with Gasteiger partial charge >= 0.3 is 0 Å². The molecule has 0 aromatic heterocycles. The van der Waals surface area contributed by atoms with Crippen molar-refractivity contribution in [3.05, 3.63) is 34.9 Å². The van der Waals surface area contributed by atoms with Crippen molar-refractivity contribution in [2.24, 2.45) is 11.8 Å². The van der Waals surface area contributed by atoms with E-state index in [0.29, 0.717) is 5.92 Å². The summed E-state index contributed by atoms with van der Waals surface area (Å²) in [6, 6.07) is 7.13. The van der Waals surface area contributed by atoms with Crippen LogP contribution >= 0.6 is 0 Å². The fraction of sp³-hybridized carbons (Fsp3) is 0.588. The van der Waals surface area contributed by atoms with E-state index in [1.165, 1.54) is 29.5 Å². The number of hydrogen-bond donors (Lipinski definition) is 3. The number of hydrazine groups is 1. The molecule has 1 saturated carbocycles. The quantitative estimate of drug-likeness (QED) is 0.737. The van der Waals surface area contributed by atoms with Crippen LogP contribution in [0.4, 0.5) is 0 Å². The highest BCUT2D eigenvalue weighted by Gasteiger charge is 2.40. The summed E-state index contributed by atoms with van der Waals surface area (Å²) >= 11 is 0. The smallest absolute Gasteiger partial charge is 0.237 e. The summed E-state index contributed by atoms with van der Waals surface area (Å²) in [4.78, 5) is 12.1. The molecule has 3 aliphatic rings. The molecule has 4 heteroatoms. The van der Waals surface area contributed by atoms with E-state index in [1.807, 2.05) is 0 Å². The van der Waals surface area contributed by atoms with Gasteiger partial charge in [0.1, 0.15) is 0 Å². The summed E-state index contributed by atoms with van der Waals surface area (Å²) in [7, 11) is 0. The number of nitrogens with one attached hydrogen (secondary N) is 3. The maximum atomic E-state index is 12.1. The molecule has 2 fully saturated rings. The minimum absolute atomic E-state index is 0.193. The maximum absolute atomic E-state index is 12.1. The molecule has 1 amide bonds. The van der Waals surface area contributed by atoms with Crippen molar-refractivity contribution in [1.82, 2.24) is 16.2 Å². The van der Waals surface area contributed by atoms with E-state index >= 15 is 0 Å². The van der Waals surface area contributed by atoms with Gasteiger partial charge in [0.2, 0.25) is 5.91 Å². The van der Waals surface area contributed by atoms with Gasteiger partial charge in [-0.05, 0) is 48.4 Å². The Balaban J connectivity index is 1.64. The predicted molar refractivity (Wildman–Crippen MR) is 81.3 cm³/mol. The third kappa shape index (κ3) is 2.36. The van der Waals surface area contributed by atoms with Gasteiger partial charge in [-0.15, -0.1) is 0 Å². The molecule has 21 heavy (non-hydrogen) atoms. The van der Waals surface area contributed by atoms with Crippen LogP contribution in [0.3, 0.4) is 0 Å². The molecule has 1 aromatic rings. The summed E-state index contributed by atoms with van der Waals surface area (Å²) in [6.07, 6.45) is 5.76. The van der Waals surface area contributed by atoms with Crippen molar-refractivity contribution in [1.29, 1.82) is 0 Å². The number of amides is 1. The molecule has 2 aliphatic heterocycles. The Kier molecular flexibility index (Phi) is 3.43. The van der Waals surface area contributed by atoms with Crippen LogP contribution in [0.1, 0.15) is 48.4 Å². The van der Waals surface area contributed by atoms with Gasteiger partial charge in [-0.1, -0.05) is 31.0 Å². The molecular weight excluding hydrogens is 262 g/mol. The van der Waals surface area contributed by atoms with Crippen molar-refractivity contribution < 1.29 is 4.79 Å². The van der Waals surface area contributed by atoms with E-state index in [1.54, 1.807) is 0 Å². The number of rotatable bonds is 1. The fourth-order valence-corrected chi connectivity index (χ4v) is 4.25. The fourth-order valence-electron chi connectivity index (χ4n) is 4.25. The van der Waals surface area contributed by atoms with E-state index in [0.717, 1.165) is 32.4 Å². The summed E-state index contributed by atoms with van der Waals surface area (Å²) in [5, 5.41) is 3.42. The SMILES string of the molecule is O=C1NNC(c2ccc3c(c2)CCNC3)C2CCCCC12. The monoisotopic (exact) mass is 285 g/mol. The lowest BCUT2D eigenvalue weighted by molar-refractivity contribution is -0.133. The van der Waals surface area contributed by atoms with Crippen molar-refractivity contribution >= 4 is 5.91 Å². The molecule has 0 radical (unpaired) electrons. The van der Waals surface area contributed by atoms with E-state index in [9.17, 15) is 4.79 Å². The summed E-state index contributed by atoms with van der Waals surface area (Å²) in [5.74, 6) is 0.841. The Morgan fingerprint density at radius 1 is 1.10 bits per heavy atom. The first-order chi connectivity index (χ1) is 10.3. The van der Waals surface area contributed by atoms with Gasteiger partial charge in [0, 0.05) is 12.5 Å². The van der Waals surface area contributed by atoms with Crippen LogP contribution in [0.5, 0.6) is 0 Å². The highest BCUT2D eigenvalue weighted by atomic mass is 16.2. The van der Waals surface area contributed by atoms with E-state index in [2.05, 4.69) is 34.4 Å². The van der Waals surface area contributed by atoms with Crippen LogP contribution < -0.4 is 16.2 Å². The highest BCUT2D eigenvalue weighted by molar-refractivity contribution is 5.79. The third-order valence-electron chi connectivity index (χ3n) is 5.41. The van der Waals surface area contributed by atoms with Crippen molar-refractivity contribution in [2.75, 3.05) is 6.54 Å². The molecule has 3 N–H and O–H groups in total. The van der Waals surface area contributed by atoms with Gasteiger partial charge in [-0.25, -0.2) is 5.43 Å². The van der Waals surface area contributed by atoms with Crippen LogP contribution in [-0.2, 0) is 17.8 Å². The lowest BCUT2D eigenvalue weighted by Gasteiger charge is -2.41. The molecule has 3 unspecified atom stereocenters. The van der Waals surface area contributed by atoms with Crippen LogP contribution in [0.25, 0.3) is 0 Å². The van der Waals surface area contributed by atoms with Crippen molar-refractivity contribution in [3.63, 3.8) is 0 Å².